The summed E-state index contributed by atoms with van der Waals surface area (Å²) < 4.78 is 47.0. The smallest absolute Gasteiger partial charge is 0.471 e. The monoisotopic (exact) mass is 503 g/mol. The van der Waals surface area contributed by atoms with E-state index in [1.807, 2.05) is 83.7 Å². The Morgan fingerprint density at radius 1 is 0.919 bits per heavy atom. The number of hydrogen-bond acceptors (Lipinski definition) is 3. The van der Waals surface area contributed by atoms with Crippen LogP contribution in [-0.2, 0) is 4.79 Å². The minimum atomic E-state index is -4.99. The SMILES string of the molecule is Cc1ccc(-n2ncc3cc(O[C@H](c4ccc5ccccc5c4)[C@H](C)NC(=O)C(F)(F)F)ccc32)cc1. The van der Waals surface area contributed by atoms with Crippen LogP contribution in [0.1, 0.15) is 24.2 Å². The second-order valence-electron chi connectivity index (χ2n) is 9.02. The van der Waals surface area contributed by atoms with Gasteiger partial charge in [0.15, 0.2) is 0 Å². The van der Waals surface area contributed by atoms with Crippen LogP contribution in [0.2, 0.25) is 0 Å². The van der Waals surface area contributed by atoms with Crippen LogP contribution in [-0.4, -0.2) is 27.9 Å². The normalized spacial score (nSPS) is 13.4. The molecule has 1 heterocycles. The first-order valence-corrected chi connectivity index (χ1v) is 11.8. The summed E-state index contributed by atoms with van der Waals surface area (Å²) in [6.07, 6.45) is -4.16. The molecular weight excluding hydrogens is 479 g/mol. The number of halogens is 3. The zero-order chi connectivity index (χ0) is 26.2. The summed E-state index contributed by atoms with van der Waals surface area (Å²) in [5.41, 5.74) is 3.55. The number of rotatable bonds is 6. The predicted molar refractivity (Wildman–Crippen MR) is 137 cm³/mol. The number of ether oxygens (including phenoxy) is 1. The van der Waals surface area contributed by atoms with E-state index < -0.39 is 24.2 Å². The minimum Gasteiger partial charge on any atom is -0.484 e. The van der Waals surface area contributed by atoms with Crippen LogP contribution in [0.5, 0.6) is 5.75 Å². The Balaban J connectivity index is 1.49. The highest BCUT2D eigenvalue weighted by molar-refractivity contribution is 5.84. The minimum absolute atomic E-state index is 0.447. The highest BCUT2D eigenvalue weighted by Gasteiger charge is 2.40. The summed E-state index contributed by atoms with van der Waals surface area (Å²) in [4.78, 5) is 11.7. The van der Waals surface area contributed by atoms with E-state index in [1.165, 1.54) is 6.92 Å². The lowest BCUT2D eigenvalue weighted by Gasteiger charge is -2.27. The Morgan fingerprint density at radius 3 is 2.38 bits per heavy atom. The van der Waals surface area contributed by atoms with Crippen molar-refractivity contribution >= 4 is 27.6 Å². The molecule has 0 saturated heterocycles. The maximum Gasteiger partial charge on any atom is 0.471 e. The van der Waals surface area contributed by atoms with E-state index in [9.17, 15) is 18.0 Å². The molecule has 5 aromatic rings. The van der Waals surface area contributed by atoms with E-state index in [2.05, 4.69) is 5.10 Å². The molecule has 188 valence electrons. The predicted octanol–water partition coefficient (Wildman–Crippen LogP) is 6.67. The number of alkyl halides is 3. The van der Waals surface area contributed by atoms with Gasteiger partial charge in [-0.2, -0.15) is 18.3 Å². The van der Waals surface area contributed by atoms with Crippen LogP contribution < -0.4 is 10.1 Å². The largest absolute Gasteiger partial charge is 0.484 e. The van der Waals surface area contributed by atoms with E-state index in [1.54, 1.807) is 24.4 Å². The fraction of sp³-hybridized carbons (Fsp3) is 0.172. The number of carbonyl (C=O) groups is 1. The summed E-state index contributed by atoms with van der Waals surface area (Å²) in [7, 11) is 0. The van der Waals surface area contributed by atoms with Crippen molar-refractivity contribution in [3.63, 3.8) is 0 Å². The molecule has 2 atom stereocenters. The molecule has 5 rings (SSSR count). The first kappa shape index (κ1) is 24.4. The van der Waals surface area contributed by atoms with E-state index in [0.717, 1.165) is 32.9 Å². The van der Waals surface area contributed by atoms with Crippen LogP contribution in [0.25, 0.3) is 27.4 Å². The maximum absolute atomic E-state index is 13.0. The van der Waals surface area contributed by atoms with Gasteiger partial charge in [0.1, 0.15) is 11.9 Å². The topological polar surface area (TPSA) is 56.1 Å². The van der Waals surface area contributed by atoms with Crippen LogP contribution in [0, 0.1) is 6.92 Å². The average molecular weight is 504 g/mol. The molecule has 0 fully saturated rings. The van der Waals surface area contributed by atoms with Gasteiger partial charge in [-0.15, -0.1) is 0 Å². The average Bonchev–Trinajstić information content (AvgIpc) is 3.30. The molecule has 4 aromatic carbocycles. The fourth-order valence-corrected chi connectivity index (χ4v) is 4.33. The lowest BCUT2D eigenvalue weighted by atomic mass is 9.99. The molecular formula is C29H24F3N3O2. The molecule has 1 amide bonds. The Bertz CT molecular complexity index is 1580. The fourth-order valence-electron chi connectivity index (χ4n) is 4.33. The van der Waals surface area contributed by atoms with E-state index >= 15 is 0 Å². The highest BCUT2D eigenvalue weighted by Crippen LogP contribution is 2.31. The second-order valence-corrected chi connectivity index (χ2v) is 9.02. The van der Waals surface area contributed by atoms with Crippen molar-refractivity contribution in [2.24, 2.45) is 0 Å². The molecule has 0 unspecified atom stereocenters. The standard InChI is InChI=1S/C29H24F3N3O2/c1-18-7-11-24(12-8-18)35-26-14-13-25(16-23(26)17-33-35)37-27(19(2)34-28(36)29(30,31)32)22-10-9-20-5-3-4-6-21(20)15-22/h3-17,19,27H,1-2H3,(H,34,36)/t19-,27-/m0/s1. The number of aromatic nitrogens is 2. The number of hydrogen-bond donors (Lipinski definition) is 1. The van der Waals surface area contributed by atoms with Gasteiger partial charge < -0.3 is 10.1 Å². The summed E-state index contributed by atoms with van der Waals surface area (Å²) in [5, 5.41) is 9.25. The Kier molecular flexibility index (Phi) is 6.33. The van der Waals surface area contributed by atoms with Gasteiger partial charge >= 0.3 is 12.1 Å². The molecule has 0 spiro atoms. The van der Waals surface area contributed by atoms with Gasteiger partial charge in [-0.25, -0.2) is 4.68 Å². The molecule has 0 aliphatic carbocycles. The van der Waals surface area contributed by atoms with Gasteiger partial charge in [0.05, 0.1) is 23.4 Å². The second kappa shape index (κ2) is 9.61. The quantitative estimate of drug-likeness (QED) is 0.281. The first-order chi connectivity index (χ1) is 17.7. The van der Waals surface area contributed by atoms with Crippen molar-refractivity contribution in [2.75, 3.05) is 0 Å². The molecule has 0 bridgehead atoms. The van der Waals surface area contributed by atoms with Gasteiger partial charge in [0.2, 0.25) is 0 Å². The number of fused-ring (bicyclic) bond motifs is 2. The van der Waals surface area contributed by atoms with Crippen molar-refractivity contribution in [1.82, 2.24) is 15.1 Å². The van der Waals surface area contributed by atoms with Gasteiger partial charge in [0.25, 0.3) is 0 Å². The van der Waals surface area contributed by atoms with Crippen molar-refractivity contribution in [3.8, 4) is 11.4 Å². The zero-order valence-corrected chi connectivity index (χ0v) is 20.2. The van der Waals surface area contributed by atoms with Gasteiger partial charge in [-0.05, 0) is 66.6 Å². The molecule has 0 saturated carbocycles. The maximum atomic E-state index is 13.0. The first-order valence-electron chi connectivity index (χ1n) is 11.8. The van der Waals surface area contributed by atoms with Crippen LogP contribution in [0.15, 0.2) is 91.1 Å². The number of amides is 1. The molecule has 8 heteroatoms. The Labute approximate surface area is 211 Å². The van der Waals surface area contributed by atoms with Gasteiger partial charge in [-0.3, -0.25) is 4.79 Å². The summed E-state index contributed by atoms with van der Waals surface area (Å²) in [6.45, 7) is 3.51. The molecule has 0 aliphatic heterocycles. The van der Waals surface area contributed by atoms with E-state index in [4.69, 9.17) is 4.74 Å². The lowest BCUT2D eigenvalue weighted by Crippen LogP contribution is -2.45. The summed E-state index contributed by atoms with van der Waals surface area (Å²) in [6, 6.07) is 25.6. The Morgan fingerprint density at radius 2 is 1.65 bits per heavy atom. The molecule has 1 aromatic heterocycles. The number of nitrogens with one attached hydrogen (secondary N) is 1. The lowest BCUT2D eigenvalue weighted by molar-refractivity contribution is -0.174. The highest BCUT2D eigenvalue weighted by atomic mass is 19.4. The van der Waals surface area contributed by atoms with E-state index in [0.29, 0.717) is 11.3 Å². The molecule has 0 aliphatic rings. The van der Waals surface area contributed by atoms with Crippen LogP contribution >= 0.6 is 0 Å². The van der Waals surface area contributed by atoms with Crippen LogP contribution in [0.3, 0.4) is 0 Å². The van der Waals surface area contributed by atoms with Crippen LogP contribution in [0.4, 0.5) is 13.2 Å². The molecule has 1 N–H and O–H groups in total. The molecule has 5 nitrogen and oxygen atoms in total. The van der Waals surface area contributed by atoms with E-state index in [-0.39, 0.29) is 0 Å². The van der Waals surface area contributed by atoms with Crippen molar-refractivity contribution in [1.29, 1.82) is 0 Å². The molecule has 37 heavy (non-hydrogen) atoms. The number of nitrogens with zero attached hydrogens (tertiary/aromatic N) is 2. The Hall–Kier alpha value is -4.33. The summed E-state index contributed by atoms with van der Waals surface area (Å²) in [5.74, 6) is -1.56. The third kappa shape index (κ3) is 5.14. The third-order valence-corrected chi connectivity index (χ3v) is 6.25. The van der Waals surface area contributed by atoms with Gasteiger partial charge in [-0.1, -0.05) is 54.1 Å². The van der Waals surface area contributed by atoms with Crippen molar-refractivity contribution in [3.05, 3.63) is 102 Å². The summed E-state index contributed by atoms with van der Waals surface area (Å²) >= 11 is 0. The van der Waals surface area contributed by atoms with Crippen molar-refractivity contribution in [2.45, 2.75) is 32.2 Å². The number of carbonyl (C=O) groups excluding carboxylic acids is 1. The van der Waals surface area contributed by atoms with Crippen molar-refractivity contribution < 1.29 is 22.7 Å². The zero-order valence-electron chi connectivity index (χ0n) is 20.2. The van der Waals surface area contributed by atoms with Gasteiger partial charge in [0, 0.05) is 5.39 Å². The molecule has 0 radical (unpaired) electrons. The third-order valence-electron chi connectivity index (χ3n) is 6.25. The number of aryl methyl sites for hydroxylation is 1. The number of benzene rings is 4.